The SMILES string of the molecule is CCCC[NH+](CCCC)c1ncnc2ccc(C)cc12. The summed E-state index contributed by atoms with van der Waals surface area (Å²) in [6.45, 7) is 8.96. The number of hydrogen-bond acceptors (Lipinski definition) is 2. The van der Waals surface area contributed by atoms with Crippen LogP contribution in [0.15, 0.2) is 24.5 Å². The normalized spacial score (nSPS) is 11.4. The van der Waals surface area contributed by atoms with Crippen molar-refractivity contribution in [2.45, 2.75) is 46.5 Å². The van der Waals surface area contributed by atoms with Crippen LogP contribution in [0.5, 0.6) is 0 Å². The molecule has 1 aromatic heterocycles. The molecule has 2 aromatic rings. The lowest BCUT2D eigenvalue weighted by atomic mass is 10.1. The molecule has 2 rings (SSSR count). The molecule has 0 aliphatic heterocycles. The third-order valence-corrected chi connectivity index (χ3v) is 3.79. The molecular weight excluding hydrogens is 246 g/mol. The number of rotatable bonds is 7. The number of benzene rings is 1. The highest BCUT2D eigenvalue weighted by Gasteiger charge is 2.17. The molecule has 0 atom stereocenters. The Balaban J connectivity index is 2.37. The van der Waals surface area contributed by atoms with Crippen LogP contribution >= 0.6 is 0 Å². The summed E-state index contributed by atoms with van der Waals surface area (Å²) in [5.41, 5.74) is 2.34. The van der Waals surface area contributed by atoms with E-state index in [-0.39, 0.29) is 0 Å². The van der Waals surface area contributed by atoms with Gasteiger partial charge in [0.2, 0.25) is 5.82 Å². The highest BCUT2D eigenvalue weighted by Crippen LogP contribution is 2.17. The lowest BCUT2D eigenvalue weighted by molar-refractivity contribution is -0.834. The van der Waals surface area contributed by atoms with Crippen molar-refractivity contribution in [3.8, 4) is 0 Å². The molecule has 1 heterocycles. The van der Waals surface area contributed by atoms with Crippen LogP contribution in [0.3, 0.4) is 0 Å². The Bertz CT molecular complexity index is 543. The fraction of sp³-hybridized carbons (Fsp3) is 0.529. The molecular formula is C17H26N3+. The van der Waals surface area contributed by atoms with Gasteiger partial charge in [-0.05, 0) is 31.9 Å². The molecule has 0 unspecified atom stereocenters. The molecule has 0 aliphatic rings. The summed E-state index contributed by atoms with van der Waals surface area (Å²) in [4.78, 5) is 10.5. The van der Waals surface area contributed by atoms with Gasteiger partial charge in [0.15, 0.2) is 0 Å². The number of nitrogens with zero attached hydrogens (tertiary/aromatic N) is 2. The smallest absolute Gasteiger partial charge is 0.236 e. The van der Waals surface area contributed by atoms with Gasteiger partial charge in [-0.25, -0.2) is 4.98 Å². The predicted octanol–water partition coefficient (Wildman–Crippen LogP) is 3.05. The molecule has 0 saturated heterocycles. The van der Waals surface area contributed by atoms with Crippen molar-refractivity contribution in [2.75, 3.05) is 13.1 Å². The topological polar surface area (TPSA) is 30.2 Å². The Hall–Kier alpha value is -1.48. The number of aryl methyl sites for hydroxylation is 1. The fourth-order valence-electron chi connectivity index (χ4n) is 2.59. The molecule has 1 aromatic carbocycles. The van der Waals surface area contributed by atoms with E-state index in [1.165, 1.54) is 47.4 Å². The summed E-state index contributed by atoms with van der Waals surface area (Å²) in [5, 5.41) is 1.22. The van der Waals surface area contributed by atoms with E-state index in [0.29, 0.717) is 0 Å². The molecule has 0 radical (unpaired) electrons. The zero-order chi connectivity index (χ0) is 14.4. The first kappa shape index (κ1) is 14.9. The maximum Gasteiger partial charge on any atom is 0.236 e. The van der Waals surface area contributed by atoms with Gasteiger partial charge < -0.3 is 0 Å². The zero-order valence-corrected chi connectivity index (χ0v) is 12.9. The van der Waals surface area contributed by atoms with Gasteiger partial charge in [-0.15, -0.1) is 0 Å². The Labute approximate surface area is 122 Å². The van der Waals surface area contributed by atoms with Crippen LogP contribution in [-0.2, 0) is 0 Å². The summed E-state index contributed by atoms with van der Waals surface area (Å²) in [6, 6.07) is 6.45. The first-order valence-electron chi connectivity index (χ1n) is 7.82. The summed E-state index contributed by atoms with van der Waals surface area (Å²) in [5.74, 6) is 1.18. The minimum atomic E-state index is 1.06. The Morgan fingerprint density at radius 2 is 1.70 bits per heavy atom. The van der Waals surface area contributed by atoms with Crippen LogP contribution in [0.4, 0.5) is 5.82 Å². The van der Waals surface area contributed by atoms with E-state index >= 15 is 0 Å². The number of quaternary nitrogens is 1. The van der Waals surface area contributed by atoms with Gasteiger partial charge in [-0.2, -0.15) is 4.98 Å². The van der Waals surface area contributed by atoms with E-state index in [0.717, 1.165) is 18.6 Å². The van der Waals surface area contributed by atoms with Crippen LogP contribution < -0.4 is 4.90 Å². The Morgan fingerprint density at radius 1 is 1.00 bits per heavy atom. The molecule has 3 nitrogen and oxygen atoms in total. The Kier molecular flexibility index (Phi) is 5.48. The molecule has 1 N–H and O–H groups in total. The van der Waals surface area contributed by atoms with Crippen molar-refractivity contribution in [3.05, 3.63) is 30.1 Å². The summed E-state index contributed by atoms with van der Waals surface area (Å²) < 4.78 is 0. The van der Waals surface area contributed by atoms with Crippen molar-refractivity contribution >= 4 is 16.7 Å². The summed E-state index contributed by atoms with van der Waals surface area (Å²) >= 11 is 0. The molecule has 0 spiro atoms. The lowest BCUT2D eigenvalue weighted by Gasteiger charge is -2.18. The summed E-state index contributed by atoms with van der Waals surface area (Å²) in [7, 11) is 0. The average Bonchev–Trinajstić information content (AvgIpc) is 2.47. The van der Waals surface area contributed by atoms with E-state index in [1.807, 2.05) is 0 Å². The molecule has 0 aliphatic carbocycles. The number of unbranched alkanes of at least 4 members (excludes halogenated alkanes) is 2. The molecule has 0 fully saturated rings. The summed E-state index contributed by atoms with van der Waals surface area (Å²) in [6.07, 6.45) is 6.67. The van der Waals surface area contributed by atoms with Crippen LogP contribution in [0.2, 0.25) is 0 Å². The van der Waals surface area contributed by atoms with Crippen LogP contribution in [-0.4, -0.2) is 23.1 Å². The van der Waals surface area contributed by atoms with E-state index in [2.05, 4.69) is 48.9 Å². The maximum atomic E-state index is 4.61. The molecule has 0 amide bonds. The van der Waals surface area contributed by atoms with Crippen molar-refractivity contribution in [3.63, 3.8) is 0 Å². The molecule has 108 valence electrons. The predicted molar refractivity (Wildman–Crippen MR) is 84.4 cm³/mol. The lowest BCUT2D eigenvalue weighted by Crippen LogP contribution is -3.07. The number of fused-ring (bicyclic) bond motifs is 1. The number of aromatic nitrogens is 2. The zero-order valence-electron chi connectivity index (χ0n) is 12.9. The van der Waals surface area contributed by atoms with Gasteiger partial charge in [0.25, 0.3) is 0 Å². The van der Waals surface area contributed by atoms with Crippen molar-refractivity contribution in [2.24, 2.45) is 0 Å². The minimum Gasteiger partial charge on any atom is -0.285 e. The average molecular weight is 272 g/mol. The second kappa shape index (κ2) is 7.34. The number of hydrogen-bond donors (Lipinski definition) is 1. The van der Waals surface area contributed by atoms with Gasteiger partial charge in [-0.1, -0.05) is 38.3 Å². The molecule has 20 heavy (non-hydrogen) atoms. The molecule has 0 bridgehead atoms. The molecule has 3 heteroatoms. The van der Waals surface area contributed by atoms with Crippen molar-refractivity contribution < 1.29 is 4.90 Å². The first-order chi connectivity index (χ1) is 9.76. The first-order valence-corrected chi connectivity index (χ1v) is 7.82. The minimum absolute atomic E-state index is 1.06. The third kappa shape index (κ3) is 3.54. The highest BCUT2D eigenvalue weighted by molar-refractivity contribution is 5.86. The third-order valence-electron chi connectivity index (χ3n) is 3.79. The van der Waals surface area contributed by atoms with Crippen LogP contribution in [0.1, 0.15) is 45.1 Å². The van der Waals surface area contributed by atoms with E-state index in [4.69, 9.17) is 0 Å². The van der Waals surface area contributed by atoms with Gasteiger partial charge in [0.1, 0.15) is 6.33 Å². The maximum absolute atomic E-state index is 4.61. The largest absolute Gasteiger partial charge is 0.285 e. The quantitative estimate of drug-likeness (QED) is 0.839. The standard InChI is InChI=1S/C17H25N3/c1-4-6-10-20(11-7-5-2)17-15-12-14(3)8-9-16(15)18-13-19-17/h8-9,12-13H,4-7,10-11H2,1-3H3/p+1. The van der Waals surface area contributed by atoms with Crippen LogP contribution in [0.25, 0.3) is 10.9 Å². The van der Waals surface area contributed by atoms with Gasteiger partial charge in [0.05, 0.1) is 24.0 Å². The second-order valence-corrected chi connectivity index (χ2v) is 5.55. The fourth-order valence-corrected chi connectivity index (χ4v) is 2.59. The van der Waals surface area contributed by atoms with Gasteiger partial charge in [-0.3, -0.25) is 4.90 Å². The van der Waals surface area contributed by atoms with Crippen LogP contribution in [0, 0.1) is 6.92 Å². The highest BCUT2D eigenvalue weighted by atomic mass is 15.2. The van der Waals surface area contributed by atoms with Gasteiger partial charge >= 0.3 is 0 Å². The van der Waals surface area contributed by atoms with E-state index < -0.39 is 0 Å². The Morgan fingerprint density at radius 3 is 2.35 bits per heavy atom. The number of nitrogens with one attached hydrogen (secondary N) is 1. The van der Waals surface area contributed by atoms with E-state index in [9.17, 15) is 0 Å². The van der Waals surface area contributed by atoms with Crippen molar-refractivity contribution in [1.82, 2.24) is 9.97 Å². The van der Waals surface area contributed by atoms with E-state index in [1.54, 1.807) is 6.33 Å². The monoisotopic (exact) mass is 272 g/mol. The van der Waals surface area contributed by atoms with Gasteiger partial charge in [0, 0.05) is 0 Å². The van der Waals surface area contributed by atoms with Crippen molar-refractivity contribution in [1.29, 1.82) is 0 Å². The second-order valence-electron chi connectivity index (χ2n) is 5.55. The molecule has 0 saturated carbocycles.